The molecule has 2 aromatic heterocycles. The summed E-state index contributed by atoms with van der Waals surface area (Å²) in [6.07, 6.45) is 10.2. The number of halogens is 1. The molecule has 0 spiro atoms. The van der Waals surface area contributed by atoms with Gasteiger partial charge in [0.2, 0.25) is 11.9 Å². The van der Waals surface area contributed by atoms with Crippen molar-refractivity contribution in [2.45, 2.75) is 37.8 Å². The van der Waals surface area contributed by atoms with Gasteiger partial charge in [0.05, 0.1) is 18.1 Å². The van der Waals surface area contributed by atoms with Crippen LogP contribution in [0.1, 0.15) is 25.7 Å². The number of hydrogen-bond donors (Lipinski definition) is 3. The zero-order valence-electron chi connectivity index (χ0n) is 14.6. The Hall–Kier alpha value is -2.61. The van der Waals surface area contributed by atoms with Gasteiger partial charge < -0.3 is 16.0 Å². The topological polar surface area (TPSA) is 96.8 Å². The quantitative estimate of drug-likeness (QED) is 0.671. The van der Waals surface area contributed by atoms with Crippen LogP contribution >= 0.6 is 11.6 Å². The van der Waals surface area contributed by atoms with E-state index in [4.69, 9.17) is 11.6 Å². The van der Waals surface area contributed by atoms with Gasteiger partial charge in [0, 0.05) is 25.3 Å². The molecule has 1 fully saturated rings. The summed E-state index contributed by atoms with van der Waals surface area (Å²) >= 11 is 6.25. The molecule has 0 aliphatic heterocycles. The van der Waals surface area contributed by atoms with Crippen LogP contribution in [0.3, 0.4) is 0 Å². The molecule has 8 nitrogen and oxygen atoms in total. The number of rotatable bonds is 6. The maximum absolute atomic E-state index is 11.5. The summed E-state index contributed by atoms with van der Waals surface area (Å²) in [5, 5.41) is 14.0. The molecule has 9 heteroatoms. The molecular formula is C17H22ClN7O. The summed E-state index contributed by atoms with van der Waals surface area (Å²) in [4.78, 5) is 20.2. The predicted octanol–water partition coefficient (Wildman–Crippen LogP) is 2.63. The highest BCUT2D eigenvalue weighted by Gasteiger charge is 2.23. The lowest BCUT2D eigenvalue weighted by Gasteiger charge is -2.30. The number of aromatic nitrogens is 4. The maximum atomic E-state index is 11.5. The molecule has 3 rings (SSSR count). The third-order valence-electron chi connectivity index (χ3n) is 4.25. The fraction of sp³-hybridized carbons (Fsp3) is 0.412. The van der Waals surface area contributed by atoms with Gasteiger partial charge in [-0.2, -0.15) is 10.1 Å². The Morgan fingerprint density at radius 1 is 1.38 bits per heavy atom. The van der Waals surface area contributed by atoms with E-state index in [9.17, 15) is 4.79 Å². The van der Waals surface area contributed by atoms with E-state index >= 15 is 0 Å². The first-order valence-corrected chi connectivity index (χ1v) is 8.89. The number of nitrogens with zero attached hydrogens (tertiary/aromatic N) is 4. The highest BCUT2D eigenvalue weighted by Crippen LogP contribution is 2.26. The van der Waals surface area contributed by atoms with Crippen LogP contribution in [0.25, 0.3) is 0 Å². The van der Waals surface area contributed by atoms with Gasteiger partial charge in [-0.25, -0.2) is 4.98 Å². The molecule has 26 heavy (non-hydrogen) atoms. The number of carbonyl (C=O) groups excluding carboxylic acids is 1. The summed E-state index contributed by atoms with van der Waals surface area (Å²) in [7, 11) is 1.84. The van der Waals surface area contributed by atoms with E-state index in [-0.39, 0.29) is 18.0 Å². The maximum Gasteiger partial charge on any atom is 0.243 e. The normalized spacial score (nSPS) is 19.6. The van der Waals surface area contributed by atoms with E-state index in [0.29, 0.717) is 16.8 Å². The molecule has 2 heterocycles. The Kier molecular flexibility index (Phi) is 5.72. The smallest absolute Gasteiger partial charge is 0.243 e. The third kappa shape index (κ3) is 4.72. The molecule has 3 N–H and O–H groups in total. The lowest BCUT2D eigenvalue weighted by atomic mass is 9.91. The van der Waals surface area contributed by atoms with Gasteiger partial charge >= 0.3 is 0 Å². The van der Waals surface area contributed by atoms with Crippen LogP contribution in [0, 0.1) is 0 Å². The molecule has 1 aliphatic rings. The summed E-state index contributed by atoms with van der Waals surface area (Å²) in [5.41, 5.74) is 0.797. The number of hydrogen-bond acceptors (Lipinski definition) is 6. The van der Waals surface area contributed by atoms with E-state index in [1.807, 2.05) is 13.2 Å². The Labute approximate surface area is 157 Å². The molecule has 0 bridgehead atoms. The van der Waals surface area contributed by atoms with Crippen LogP contribution in [0.4, 0.5) is 17.5 Å². The first-order chi connectivity index (χ1) is 12.5. The number of anilines is 3. The van der Waals surface area contributed by atoms with E-state index in [2.05, 4.69) is 37.6 Å². The fourth-order valence-electron chi connectivity index (χ4n) is 3.05. The van der Waals surface area contributed by atoms with E-state index in [0.717, 1.165) is 31.4 Å². The molecule has 138 valence electrons. The number of carbonyl (C=O) groups is 1. The molecule has 0 radical (unpaired) electrons. The Balaban J connectivity index is 1.65. The summed E-state index contributed by atoms with van der Waals surface area (Å²) in [5.74, 6) is 0.879. The van der Waals surface area contributed by atoms with Gasteiger partial charge in [-0.3, -0.25) is 9.48 Å². The Bertz CT molecular complexity index is 791. The molecule has 0 saturated heterocycles. The van der Waals surface area contributed by atoms with Crippen molar-refractivity contribution in [3.8, 4) is 0 Å². The van der Waals surface area contributed by atoms with Crippen molar-refractivity contribution in [3.05, 3.63) is 36.3 Å². The number of nitrogens with one attached hydrogen (secondary N) is 3. The van der Waals surface area contributed by atoms with E-state index in [1.165, 1.54) is 6.08 Å². The predicted molar refractivity (Wildman–Crippen MR) is 102 cm³/mol. The van der Waals surface area contributed by atoms with Crippen molar-refractivity contribution in [3.63, 3.8) is 0 Å². The second-order valence-corrected chi connectivity index (χ2v) is 6.74. The average molecular weight is 376 g/mol. The third-order valence-corrected chi connectivity index (χ3v) is 4.53. The van der Waals surface area contributed by atoms with Crippen molar-refractivity contribution in [1.82, 2.24) is 25.1 Å². The SMILES string of the molecule is C=CC(=O)N[C@@H]1CCC[C@H](Nc2nc(Nc3cnn(C)c3)ncc2Cl)C1. The minimum Gasteiger partial charge on any atom is -0.366 e. The van der Waals surface area contributed by atoms with Crippen LogP contribution in [0.15, 0.2) is 31.2 Å². The molecule has 1 saturated carbocycles. The Morgan fingerprint density at radius 3 is 2.92 bits per heavy atom. The van der Waals surface area contributed by atoms with Crippen LogP contribution < -0.4 is 16.0 Å². The van der Waals surface area contributed by atoms with Gasteiger partial charge in [0.1, 0.15) is 5.02 Å². The van der Waals surface area contributed by atoms with Crippen molar-refractivity contribution in [1.29, 1.82) is 0 Å². The summed E-state index contributed by atoms with van der Waals surface area (Å²) in [6, 6.07) is 0.304. The van der Waals surface area contributed by atoms with Gasteiger partial charge in [-0.1, -0.05) is 18.2 Å². The second kappa shape index (κ2) is 8.18. The highest BCUT2D eigenvalue weighted by molar-refractivity contribution is 6.32. The van der Waals surface area contributed by atoms with Gasteiger partial charge in [-0.05, 0) is 31.8 Å². The minimum absolute atomic E-state index is 0.125. The van der Waals surface area contributed by atoms with Gasteiger partial charge in [-0.15, -0.1) is 0 Å². The van der Waals surface area contributed by atoms with Gasteiger partial charge in [0.15, 0.2) is 5.82 Å². The molecule has 0 aromatic carbocycles. The average Bonchev–Trinajstić information content (AvgIpc) is 3.03. The van der Waals surface area contributed by atoms with E-state index in [1.54, 1.807) is 17.1 Å². The minimum atomic E-state index is -0.140. The number of amides is 1. The first-order valence-electron chi connectivity index (χ1n) is 8.51. The lowest BCUT2D eigenvalue weighted by Crippen LogP contribution is -2.41. The molecular weight excluding hydrogens is 354 g/mol. The number of aryl methyl sites for hydroxylation is 1. The van der Waals surface area contributed by atoms with Crippen molar-refractivity contribution in [2.24, 2.45) is 7.05 Å². The fourth-order valence-corrected chi connectivity index (χ4v) is 3.19. The zero-order chi connectivity index (χ0) is 18.5. The molecule has 0 unspecified atom stereocenters. The molecule has 1 amide bonds. The van der Waals surface area contributed by atoms with Crippen molar-refractivity contribution < 1.29 is 4.79 Å². The standard InChI is InChI=1S/C17H22ClN7O/c1-3-15(26)21-11-5-4-6-12(7-11)22-16-14(18)9-19-17(24-16)23-13-8-20-25(2)10-13/h3,8-12H,1,4-7H2,2H3,(H,21,26)(H2,19,22,23,24)/t11-,12+/m1/s1. The summed E-state index contributed by atoms with van der Waals surface area (Å²) < 4.78 is 1.69. The monoisotopic (exact) mass is 375 g/mol. The van der Waals surface area contributed by atoms with Gasteiger partial charge in [0.25, 0.3) is 0 Å². The molecule has 2 aromatic rings. The zero-order valence-corrected chi connectivity index (χ0v) is 15.3. The summed E-state index contributed by atoms with van der Waals surface area (Å²) in [6.45, 7) is 3.50. The van der Waals surface area contributed by atoms with Crippen LogP contribution in [-0.4, -0.2) is 37.7 Å². The second-order valence-electron chi connectivity index (χ2n) is 6.34. The van der Waals surface area contributed by atoms with Crippen molar-refractivity contribution >= 4 is 35.0 Å². The molecule has 1 aliphatic carbocycles. The molecule has 2 atom stereocenters. The van der Waals surface area contributed by atoms with E-state index < -0.39 is 0 Å². The van der Waals surface area contributed by atoms with Crippen molar-refractivity contribution in [2.75, 3.05) is 10.6 Å². The first kappa shape index (κ1) is 18.2. The van der Waals surface area contributed by atoms with Crippen LogP contribution in [0.5, 0.6) is 0 Å². The van der Waals surface area contributed by atoms with Crippen LogP contribution in [0.2, 0.25) is 5.02 Å². The highest BCUT2D eigenvalue weighted by atomic mass is 35.5. The Morgan fingerprint density at radius 2 is 2.19 bits per heavy atom. The largest absolute Gasteiger partial charge is 0.366 e. The lowest BCUT2D eigenvalue weighted by molar-refractivity contribution is -0.117. The van der Waals surface area contributed by atoms with Crippen LogP contribution in [-0.2, 0) is 11.8 Å².